The smallest absolute Gasteiger partial charge is 0.224 e. The van der Waals surface area contributed by atoms with Crippen LogP contribution in [0.2, 0.25) is 0 Å². The molecule has 0 saturated heterocycles. The van der Waals surface area contributed by atoms with Crippen LogP contribution in [-0.2, 0) is 9.53 Å². The van der Waals surface area contributed by atoms with Gasteiger partial charge in [-0.2, -0.15) is 5.26 Å². The molecule has 0 aliphatic heterocycles. The second-order valence-corrected chi connectivity index (χ2v) is 4.25. The van der Waals surface area contributed by atoms with Gasteiger partial charge in [-0.3, -0.25) is 4.79 Å². The molecule has 0 aromatic rings. The quantitative estimate of drug-likeness (QED) is 0.690. The van der Waals surface area contributed by atoms with Crippen molar-refractivity contribution in [2.45, 2.75) is 44.6 Å². The highest BCUT2D eigenvalue weighted by Gasteiger charge is 2.16. The Morgan fingerprint density at radius 3 is 2.81 bits per heavy atom. The van der Waals surface area contributed by atoms with Crippen LogP contribution in [0.15, 0.2) is 0 Å². The van der Waals surface area contributed by atoms with Gasteiger partial charge in [-0.25, -0.2) is 0 Å². The van der Waals surface area contributed by atoms with E-state index in [-0.39, 0.29) is 5.91 Å². The Hall–Kier alpha value is -1.08. The third-order valence-electron chi connectivity index (χ3n) is 2.96. The Kier molecular flexibility index (Phi) is 5.87. The fourth-order valence-electron chi connectivity index (χ4n) is 1.90. The predicted molar refractivity (Wildman–Crippen MR) is 60.7 cm³/mol. The number of carbonyl (C=O) groups excluding carboxylic acids is 1. The van der Waals surface area contributed by atoms with Crippen molar-refractivity contribution in [3.63, 3.8) is 0 Å². The summed E-state index contributed by atoms with van der Waals surface area (Å²) in [6.07, 6.45) is 5.97. The van der Waals surface area contributed by atoms with E-state index in [1.165, 1.54) is 12.8 Å². The van der Waals surface area contributed by atoms with E-state index in [2.05, 4.69) is 0 Å². The molecule has 4 heteroatoms. The number of carbonyl (C=O) groups is 1. The Balaban J connectivity index is 2.07. The van der Waals surface area contributed by atoms with Gasteiger partial charge in [0.15, 0.2) is 0 Å². The zero-order chi connectivity index (χ0) is 11.8. The van der Waals surface area contributed by atoms with Gasteiger partial charge in [0.05, 0.1) is 31.6 Å². The van der Waals surface area contributed by atoms with Crippen molar-refractivity contribution >= 4 is 5.91 Å². The highest BCUT2D eigenvalue weighted by atomic mass is 16.5. The molecule has 90 valence electrons. The number of hydrogen-bond acceptors (Lipinski definition) is 3. The van der Waals surface area contributed by atoms with Crippen LogP contribution in [0.4, 0.5) is 0 Å². The molecule has 0 atom stereocenters. The molecule has 0 radical (unpaired) electrons. The summed E-state index contributed by atoms with van der Waals surface area (Å²) in [5, 5.41) is 8.40. The van der Waals surface area contributed by atoms with Crippen molar-refractivity contribution in [3.05, 3.63) is 0 Å². The van der Waals surface area contributed by atoms with Crippen LogP contribution >= 0.6 is 0 Å². The summed E-state index contributed by atoms with van der Waals surface area (Å²) in [5.41, 5.74) is 0. The van der Waals surface area contributed by atoms with Crippen LogP contribution < -0.4 is 0 Å². The minimum absolute atomic E-state index is 0.0632. The van der Waals surface area contributed by atoms with Crippen LogP contribution in [0.3, 0.4) is 0 Å². The van der Waals surface area contributed by atoms with Gasteiger partial charge < -0.3 is 9.64 Å². The molecule has 0 aromatic heterocycles. The van der Waals surface area contributed by atoms with E-state index in [1.54, 1.807) is 11.9 Å². The lowest BCUT2D eigenvalue weighted by molar-refractivity contribution is -0.131. The predicted octanol–water partition coefficient (Wildman–Crippen LogP) is 1.71. The molecule has 1 saturated carbocycles. The largest absolute Gasteiger partial charge is 0.378 e. The van der Waals surface area contributed by atoms with Crippen LogP contribution in [-0.4, -0.2) is 37.1 Å². The fraction of sp³-hybridized carbons (Fsp3) is 0.833. The average Bonchev–Trinajstić information content (AvgIpc) is 2.78. The van der Waals surface area contributed by atoms with E-state index in [4.69, 9.17) is 10.00 Å². The lowest BCUT2D eigenvalue weighted by atomic mass is 10.3. The zero-order valence-electron chi connectivity index (χ0n) is 9.95. The number of hydrogen-bond donors (Lipinski definition) is 0. The Labute approximate surface area is 97.2 Å². The Bertz CT molecular complexity index is 254. The van der Waals surface area contributed by atoms with Crippen molar-refractivity contribution in [3.8, 4) is 6.07 Å². The van der Waals surface area contributed by atoms with Crippen molar-refractivity contribution in [2.75, 3.05) is 20.2 Å². The van der Waals surface area contributed by atoms with Crippen LogP contribution in [0.1, 0.15) is 38.5 Å². The van der Waals surface area contributed by atoms with Gasteiger partial charge in [-0.15, -0.1) is 0 Å². The maximum Gasteiger partial charge on any atom is 0.224 e. The molecule has 0 heterocycles. The molecule has 1 rings (SSSR count). The topological polar surface area (TPSA) is 53.3 Å². The van der Waals surface area contributed by atoms with Gasteiger partial charge in [0.2, 0.25) is 5.91 Å². The summed E-state index contributed by atoms with van der Waals surface area (Å²) in [6.45, 7) is 1.03. The number of nitriles is 1. The summed E-state index contributed by atoms with van der Waals surface area (Å²) in [4.78, 5) is 13.2. The first-order valence-corrected chi connectivity index (χ1v) is 5.96. The van der Waals surface area contributed by atoms with Crippen molar-refractivity contribution in [1.29, 1.82) is 5.26 Å². The van der Waals surface area contributed by atoms with Gasteiger partial charge in [0.1, 0.15) is 0 Å². The van der Waals surface area contributed by atoms with E-state index >= 15 is 0 Å². The molecular weight excluding hydrogens is 204 g/mol. The van der Waals surface area contributed by atoms with E-state index in [0.29, 0.717) is 32.1 Å². The van der Waals surface area contributed by atoms with Crippen molar-refractivity contribution < 1.29 is 9.53 Å². The van der Waals surface area contributed by atoms with Gasteiger partial charge >= 0.3 is 0 Å². The Morgan fingerprint density at radius 2 is 2.19 bits per heavy atom. The highest BCUT2D eigenvalue weighted by Crippen LogP contribution is 2.20. The molecule has 0 bridgehead atoms. The average molecular weight is 224 g/mol. The normalized spacial score (nSPS) is 16.0. The first-order valence-electron chi connectivity index (χ1n) is 5.96. The van der Waals surface area contributed by atoms with E-state index < -0.39 is 0 Å². The molecule has 1 amide bonds. The molecule has 16 heavy (non-hydrogen) atoms. The number of ether oxygens (including phenoxy) is 1. The second kappa shape index (κ2) is 7.24. The minimum atomic E-state index is 0.0632. The molecule has 0 unspecified atom stereocenters. The molecule has 0 spiro atoms. The van der Waals surface area contributed by atoms with Crippen molar-refractivity contribution in [1.82, 2.24) is 4.90 Å². The van der Waals surface area contributed by atoms with Crippen LogP contribution in [0.25, 0.3) is 0 Å². The molecule has 1 aliphatic carbocycles. The Morgan fingerprint density at radius 1 is 1.50 bits per heavy atom. The maximum absolute atomic E-state index is 11.6. The molecular formula is C12H20N2O2. The number of rotatable bonds is 6. The van der Waals surface area contributed by atoms with Crippen molar-refractivity contribution in [2.24, 2.45) is 0 Å². The fourth-order valence-corrected chi connectivity index (χ4v) is 1.90. The van der Waals surface area contributed by atoms with Gasteiger partial charge in [-0.1, -0.05) is 12.8 Å². The van der Waals surface area contributed by atoms with Gasteiger partial charge in [0, 0.05) is 13.6 Å². The summed E-state index contributed by atoms with van der Waals surface area (Å²) < 4.78 is 5.62. The first kappa shape index (κ1) is 13.0. The van der Waals surface area contributed by atoms with E-state index in [0.717, 1.165) is 12.8 Å². The third kappa shape index (κ3) is 4.63. The highest BCUT2D eigenvalue weighted by molar-refractivity contribution is 5.75. The SMILES string of the molecule is CN(CCC#N)C(=O)CCOC1CCCC1. The second-order valence-electron chi connectivity index (χ2n) is 4.25. The van der Waals surface area contributed by atoms with Crippen LogP contribution in [0, 0.1) is 11.3 Å². The first-order chi connectivity index (χ1) is 7.74. The van der Waals surface area contributed by atoms with E-state index in [9.17, 15) is 4.79 Å². The molecule has 0 aromatic carbocycles. The van der Waals surface area contributed by atoms with Crippen LogP contribution in [0.5, 0.6) is 0 Å². The summed E-state index contributed by atoms with van der Waals surface area (Å²) in [5.74, 6) is 0.0632. The zero-order valence-corrected chi connectivity index (χ0v) is 9.95. The third-order valence-corrected chi connectivity index (χ3v) is 2.96. The molecule has 1 aliphatic rings. The molecule has 1 fully saturated rings. The van der Waals surface area contributed by atoms with Gasteiger partial charge in [-0.05, 0) is 12.8 Å². The molecule has 0 N–H and O–H groups in total. The van der Waals surface area contributed by atoms with Gasteiger partial charge in [0.25, 0.3) is 0 Å². The summed E-state index contributed by atoms with van der Waals surface area (Å²) >= 11 is 0. The number of nitrogens with zero attached hydrogens (tertiary/aromatic N) is 2. The van der Waals surface area contributed by atoms with E-state index in [1.807, 2.05) is 6.07 Å². The lowest BCUT2D eigenvalue weighted by Gasteiger charge is -2.16. The lowest BCUT2D eigenvalue weighted by Crippen LogP contribution is -2.28. The number of amides is 1. The summed E-state index contributed by atoms with van der Waals surface area (Å²) in [6, 6.07) is 2.03. The monoisotopic (exact) mass is 224 g/mol. The summed E-state index contributed by atoms with van der Waals surface area (Å²) in [7, 11) is 1.73. The molecule has 4 nitrogen and oxygen atoms in total. The standard InChI is InChI=1S/C12H20N2O2/c1-14(9-4-8-13)12(15)7-10-16-11-5-2-3-6-11/h11H,2-7,9-10H2,1H3. The minimum Gasteiger partial charge on any atom is -0.378 e. The maximum atomic E-state index is 11.6.